The molecule has 0 fully saturated rings. The first kappa shape index (κ1) is 15.4. The lowest BCUT2D eigenvalue weighted by Crippen LogP contribution is -2.30. The summed E-state index contributed by atoms with van der Waals surface area (Å²) >= 11 is 7.43. The SMILES string of the molecule is COCCNC(=O)CCNC(C)c1ccc(Cl)s1. The van der Waals surface area contributed by atoms with Crippen LogP contribution in [0.1, 0.15) is 24.3 Å². The fourth-order valence-electron chi connectivity index (χ4n) is 1.44. The molecule has 1 unspecified atom stereocenters. The maximum atomic E-state index is 11.4. The van der Waals surface area contributed by atoms with E-state index in [9.17, 15) is 4.79 Å². The lowest BCUT2D eigenvalue weighted by Gasteiger charge is -2.11. The molecule has 4 nitrogen and oxygen atoms in total. The van der Waals surface area contributed by atoms with E-state index in [2.05, 4.69) is 17.6 Å². The van der Waals surface area contributed by atoms with Crippen molar-refractivity contribution in [3.05, 3.63) is 21.3 Å². The molecule has 0 saturated heterocycles. The Hall–Kier alpha value is -0.620. The van der Waals surface area contributed by atoms with E-state index in [0.717, 1.165) is 4.34 Å². The van der Waals surface area contributed by atoms with E-state index in [1.807, 2.05) is 12.1 Å². The van der Waals surface area contributed by atoms with Gasteiger partial charge in [0.2, 0.25) is 5.91 Å². The van der Waals surface area contributed by atoms with Crippen molar-refractivity contribution in [3.8, 4) is 0 Å². The molecule has 1 aromatic heterocycles. The predicted molar refractivity (Wildman–Crippen MR) is 75.2 cm³/mol. The summed E-state index contributed by atoms with van der Waals surface area (Å²) < 4.78 is 5.64. The Labute approximate surface area is 117 Å². The van der Waals surface area contributed by atoms with E-state index in [1.165, 1.54) is 4.88 Å². The highest BCUT2D eigenvalue weighted by molar-refractivity contribution is 7.16. The van der Waals surface area contributed by atoms with Crippen LogP contribution in [-0.2, 0) is 9.53 Å². The molecule has 1 aromatic rings. The molecule has 0 aliphatic rings. The van der Waals surface area contributed by atoms with Crippen LogP contribution in [0.4, 0.5) is 0 Å². The van der Waals surface area contributed by atoms with E-state index < -0.39 is 0 Å². The van der Waals surface area contributed by atoms with E-state index in [1.54, 1.807) is 18.4 Å². The van der Waals surface area contributed by atoms with Crippen LogP contribution in [0.15, 0.2) is 12.1 Å². The quantitative estimate of drug-likeness (QED) is 0.722. The van der Waals surface area contributed by atoms with Crippen LogP contribution in [-0.4, -0.2) is 32.7 Å². The van der Waals surface area contributed by atoms with Crippen molar-refractivity contribution in [2.75, 3.05) is 26.8 Å². The first-order chi connectivity index (χ1) is 8.63. The number of nitrogens with one attached hydrogen (secondary N) is 2. The molecule has 1 atom stereocenters. The Morgan fingerprint density at radius 2 is 2.28 bits per heavy atom. The summed E-state index contributed by atoms with van der Waals surface area (Å²) in [5, 5.41) is 6.07. The zero-order valence-electron chi connectivity index (χ0n) is 10.7. The first-order valence-corrected chi connectivity index (χ1v) is 7.07. The maximum absolute atomic E-state index is 11.4. The van der Waals surface area contributed by atoms with E-state index in [-0.39, 0.29) is 11.9 Å². The molecule has 0 saturated carbocycles. The van der Waals surface area contributed by atoms with Crippen molar-refractivity contribution in [2.24, 2.45) is 0 Å². The summed E-state index contributed by atoms with van der Waals surface area (Å²) in [5.74, 6) is 0.0379. The van der Waals surface area contributed by atoms with Gasteiger partial charge in [0.25, 0.3) is 0 Å². The Bertz CT molecular complexity index is 371. The number of rotatable bonds is 8. The highest BCUT2D eigenvalue weighted by atomic mass is 35.5. The summed E-state index contributed by atoms with van der Waals surface area (Å²) in [5.41, 5.74) is 0. The van der Waals surface area contributed by atoms with Gasteiger partial charge in [0.1, 0.15) is 0 Å². The topological polar surface area (TPSA) is 50.4 Å². The molecular formula is C12H19ClN2O2S. The summed E-state index contributed by atoms with van der Waals surface area (Å²) in [6.07, 6.45) is 0.465. The maximum Gasteiger partial charge on any atom is 0.221 e. The Balaban J connectivity index is 2.15. The Kier molecular flexibility index (Phi) is 7.27. The third kappa shape index (κ3) is 5.82. The predicted octanol–water partition coefficient (Wildman–Crippen LogP) is 2.20. The molecule has 0 aromatic carbocycles. The number of hydrogen-bond donors (Lipinski definition) is 2. The first-order valence-electron chi connectivity index (χ1n) is 5.87. The highest BCUT2D eigenvalue weighted by Crippen LogP contribution is 2.26. The van der Waals surface area contributed by atoms with Crippen molar-refractivity contribution >= 4 is 28.8 Å². The van der Waals surface area contributed by atoms with Gasteiger partial charge in [-0.3, -0.25) is 4.79 Å². The van der Waals surface area contributed by atoms with Crippen LogP contribution in [0.2, 0.25) is 4.34 Å². The number of methoxy groups -OCH3 is 1. The Morgan fingerprint density at radius 1 is 1.50 bits per heavy atom. The van der Waals surface area contributed by atoms with Crippen LogP contribution < -0.4 is 10.6 Å². The number of amides is 1. The molecular weight excluding hydrogens is 272 g/mol. The van der Waals surface area contributed by atoms with Crippen molar-refractivity contribution in [1.82, 2.24) is 10.6 Å². The van der Waals surface area contributed by atoms with Gasteiger partial charge in [-0.2, -0.15) is 0 Å². The molecule has 6 heteroatoms. The fraction of sp³-hybridized carbons (Fsp3) is 0.583. The van der Waals surface area contributed by atoms with Crippen LogP contribution in [0.5, 0.6) is 0 Å². The Morgan fingerprint density at radius 3 is 2.89 bits per heavy atom. The molecule has 0 aliphatic heterocycles. The molecule has 1 rings (SSSR count). The standard InChI is InChI=1S/C12H19ClN2O2S/c1-9(10-3-4-11(13)18-10)14-6-5-12(16)15-7-8-17-2/h3-4,9,14H,5-8H2,1-2H3,(H,15,16). The lowest BCUT2D eigenvalue weighted by atomic mass is 10.2. The molecule has 18 heavy (non-hydrogen) atoms. The van der Waals surface area contributed by atoms with Crippen molar-refractivity contribution < 1.29 is 9.53 Å². The third-order valence-corrected chi connectivity index (χ3v) is 3.87. The average Bonchev–Trinajstić information content (AvgIpc) is 2.76. The number of halogens is 1. The highest BCUT2D eigenvalue weighted by Gasteiger charge is 2.08. The van der Waals surface area contributed by atoms with Gasteiger partial charge in [-0.25, -0.2) is 0 Å². The summed E-state index contributed by atoms with van der Waals surface area (Å²) in [6, 6.07) is 4.11. The summed E-state index contributed by atoms with van der Waals surface area (Å²) in [7, 11) is 1.61. The molecule has 0 bridgehead atoms. The summed E-state index contributed by atoms with van der Waals surface area (Å²) in [4.78, 5) is 12.6. The van der Waals surface area contributed by atoms with Gasteiger partial charge in [0.05, 0.1) is 10.9 Å². The van der Waals surface area contributed by atoms with Gasteiger partial charge in [-0.15, -0.1) is 11.3 Å². The van der Waals surface area contributed by atoms with Crippen molar-refractivity contribution in [1.29, 1.82) is 0 Å². The molecule has 102 valence electrons. The number of ether oxygens (including phenoxy) is 1. The van der Waals surface area contributed by atoms with E-state index in [4.69, 9.17) is 16.3 Å². The largest absolute Gasteiger partial charge is 0.383 e. The molecule has 0 radical (unpaired) electrons. The normalized spacial score (nSPS) is 12.4. The minimum atomic E-state index is 0.0379. The number of thiophene rings is 1. The zero-order chi connectivity index (χ0) is 13.4. The minimum Gasteiger partial charge on any atom is -0.383 e. The van der Waals surface area contributed by atoms with Gasteiger partial charge >= 0.3 is 0 Å². The average molecular weight is 291 g/mol. The summed E-state index contributed by atoms with van der Waals surface area (Å²) in [6.45, 7) is 3.81. The molecule has 0 spiro atoms. The van der Waals surface area contributed by atoms with Crippen molar-refractivity contribution in [2.45, 2.75) is 19.4 Å². The van der Waals surface area contributed by atoms with E-state index >= 15 is 0 Å². The third-order valence-electron chi connectivity index (χ3n) is 2.45. The molecule has 1 amide bonds. The molecule has 0 aliphatic carbocycles. The van der Waals surface area contributed by atoms with Crippen LogP contribution >= 0.6 is 22.9 Å². The minimum absolute atomic E-state index is 0.0379. The second kappa shape index (κ2) is 8.48. The smallest absolute Gasteiger partial charge is 0.221 e. The lowest BCUT2D eigenvalue weighted by molar-refractivity contribution is -0.121. The number of hydrogen-bond acceptors (Lipinski definition) is 4. The zero-order valence-corrected chi connectivity index (χ0v) is 12.2. The number of carbonyl (C=O) groups excluding carboxylic acids is 1. The second-order valence-corrected chi connectivity index (χ2v) is 5.66. The van der Waals surface area contributed by atoms with Gasteiger partial charge < -0.3 is 15.4 Å². The molecule has 1 heterocycles. The van der Waals surface area contributed by atoms with Gasteiger partial charge in [-0.05, 0) is 19.1 Å². The van der Waals surface area contributed by atoms with Gasteiger partial charge in [-0.1, -0.05) is 11.6 Å². The van der Waals surface area contributed by atoms with Gasteiger partial charge in [0.15, 0.2) is 0 Å². The second-order valence-electron chi connectivity index (χ2n) is 3.91. The van der Waals surface area contributed by atoms with Crippen LogP contribution in [0.25, 0.3) is 0 Å². The monoisotopic (exact) mass is 290 g/mol. The van der Waals surface area contributed by atoms with Crippen molar-refractivity contribution in [3.63, 3.8) is 0 Å². The fourth-order valence-corrected chi connectivity index (χ4v) is 2.53. The van der Waals surface area contributed by atoms with Gasteiger partial charge in [0, 0.05) is 37.5 Å². The number of carbonyl (C=O) groups is 1. The van der Waals surface area contributed by atoms with Crippen LogP contribution in [0, 0.1) is 0 Å². The van der Waals surface area contributed by atoms with E-state index in [0.29, 0.717) is 26.1 Å². The molecule has 2 N–H and O–H groups in total. The van der Waals surface area contributed by atoms with Crippen LogP contribution in [0.3, 0.4) is 0 Å².